The van der Waals surface area contributed by atoms with Crippen LogP contribution < -0.4 is 5.32 Å². The van der Waals surface area contributed by atoms with E-state index in [0.29, 0.717) is 6.54 Å². The number of aliphatic hydroxyl groups is 2. The van der Waals surface area contributed by atoms with Crippen molar-refractivity contribution in [3.05, 3.63) is 10.1 Å². The van der Waals surface area contributed by atoms with E-state index >= 15 is 0 Å². The molecule has 0 aromatic heterocycles. The number of hydrogen-bond donors (Lipinski definition) is 5. The molecule has 0 heterocycles. The van der Waals surface area contributed by atoms with Gasteiger partial charge < -0.3 is 25.7 Å². The van der Waals surface area contributed by atoms with Crippen LogP contribution in [-0.2, 0) is 24.3 Å². The van der Waals surface area contributed by atoms with Crippen molar-refractivity contribution in [1.82, 2.24) is 5.32 Å². The molecule has 0 bridgehead atoms. The highest BCUT2D eigenvalue weighted by Crippen LogP contribution is 2.03. The fourth-order valence-corrected chi connectivity index (χ4v) is 1.20. The third kappa shape index (κ3) is 10.3. The van der Waals surface area contributed by atoms with E-state index in [1.807, 2.05) is 6.92 Å². The smallest absolute Gasteiger partial charge is 0.360 e. The molecule has 0 amide bonds. The average molecular weight is 356 g/mol. The van der Waals surface area contributed by atoms with Gasteiger partial charge in [-0.2, -0.15) is 0 Å². The molecule has 0 aliphatic heterocycles. The van der Waals surface area contributed by atoms with Gasteiger partial charge in [0.2, 0.25) is 0 Å². The van der Waals surface area contributed by atoms with Crippen LogP contribution in [-0.4, -0.2) is 68.2 Å². The summed E-state index contributed by atoms with van der Waals surface area (Å²) in [7, 11) is 0. The second kappa shape index (κ2) is 12.0. The molecule has 0 aromatic carbocycles. The molecule has 140 valence electrons. The van der Waals surface area contributed by atoms with E-state index in [4.69, 9.17) is 20.4 Å². The van der Waals surface area contributed by atoms with Crippen molar-refractivity contribution in [3.63, 3.8) is 0 Å². The fourth-order valence-electron chi connectivity index (χ4n) is 1.20. The Labute approximate surface area is 135 Å². The summed E-state index contributed by atoms with van der Waals surface area (Å²) in [5, 5.41) is 43.9. The third-order valence-corrected chi connectivity index (χ3v) is 2.33. The fraction of sp³-hybridized carbons (Fsp3) is 0.727. The quantitative estimate of drug-likeness (QED) is 0.175. The lowest BCUT2D eigenvalue weighted by atomic mass is 10.1. The summed E-state index contributed by atoms with van der Waals surface area (Å²) >= 11 is 0. The number of carboxylic acid groups (broad SMARTS) is 2. The van der Waals surface area contributed by atoms with Gasteiger partial charge in [-0.15, -0.1) is 10.1 Å². The second-order valence-electron chi connectivity index (χ2n) is 4.55. The minimum absolute atomic E-state index is 0.0298. The van der Waals surface area contributed by atoms with E-state index in [2.05, 4.69) is 15.2 Å². The number of carboxylic acids is 2. The van der Waals surface area contributed by atoms with E-state index in [1.165, 1.54) is 0 Å². The van der Waals surface area contributed by atoms with Gasteiger partial charge >= 0.3 is 23.0 Å². The first-order valence-corrected chi connectivity index (χ1v) is 6.53. The number of aliphatic carboxylic acids is 2. The number of rotatable bonds is 9. The second-order valence-corrected chi connectivity index (χ2v) is 4.55. The first-order chi connectivity index (χ1) is 10.9. The Morgan fingerprint density at radius 1 is 1.12 bits per heavy atom. The van der Waals surface area contributed by atoms with Crippen molar-refractivity contribution in [2.24, 2.45) is 5.92 Å². The molecular weight excluding hydrogens is 336 g/mol. The largest absolute Gasteiger partial charge is 0.479 e. The highest BCUT2D eigenvalue weighted by atomic mass is 17.3. The summed E-state index contributed by atoms with van der Waals surface area (Å²) in [5.41, 5.74) is 0. The van der Waals surface area contributed by atoms with Crippen molar-refractivity contribution in [2.45, 2.75) is 39.0 Å². The number of nitrogens with zero attached hydrogens (tertiary/aromatic N) is 1. The van der Waals surface area contributed by atoms with Gasteiger partial charge in [0.1, 0.15) is 6.04 Å². The first kappa shape index (κ1) is 23.8. The van der Waals surface area contributed by atoms with Crippen LogP contribution >= 0.6 is 0 Å². The van der Waals surface area contributed by atoms with Crippen molar-refractivity contribution < 1.29 is 49.8 Å². The lowest BCUT2D eigenvalue weighted by molar-refractivity contribution is -0.839. The summed E-state index contributed by atoms with van der Waals surface area (Å²) in [4.78, 5) is 47.9. The van der Waals surface area contributed by atoms with Crippen LogP contribution in [0.1, 0.15) is 20.8 Å². The van der Waals surface area contributed by atoms with E-state index in [0.717, 1.165) is 0 Å². The standard InChI is InChI=1S/C7H14N2O5.C4H6O6/c1-4-8-6(5(2)3)7(10)13-14-9(11)12;5-1(3(7)8)2(6)4(9)10/h5-6,8H,4H2,1-3H3;1-2,5-6H,(H,7,8)(H,9,10). The van der Waals surface area contributed by atoms with Crippen molar-refractivity contribution in [3.8, 4) is 0 Å². The molecule has 24 heavy (non-hydrogen) atoms. The molecular formula is C11H20N2O11. The highest BCUT2D eigenvalue weighted by Gasteiger charge is 2.29. The molecule has 0 aromatic rings. The van der Waals surface area contributed by atoms with E-state index < -0.39 is 41.2 Å². The van der Waals surface area contributed by atoms with Crippen molar-refractivity contribution in [1.29, 1.82) is 0 Å². The molecule has 0 aliphatic rings. The van der Waals surface area contributed by atoms with Crippen LogP contribution in [0.15, 0.2) is 0 Å². The third-order valence-electron chi connectivity index (χ3n) is 2.33. The Hall–Kier alpha value is -2.51. The maximum absolute atomic E-state index is 11.2. The SMILES string of the molecule is CCNC(C(=O)OO[N+](=O)[O-])C(C)C.O=C(O)C(O)C(O)C(=O)O. The van der Waals surface area contributed by atoms with Gasteiger partial charge in [0.25, 0.3) is 0 Å². The molecule has 13 heteroatoms. The van der Waals surface area contributed by atoms with Gasteiger partial charge in [-0.25, -0.2) is 14.4 Å². The minimum Gasteiger partial charge on any atom is -0.479 e. The Balaban J connectivity index is 0. The number of aliphatic hydroxyl groups excluding tert-OH is 2. The Morgan fingerprint density at radius 2 is 1.54 bits per heavy atom. The Bertz CT molecular complexity index is 422. The molecule has 5 N–H and O–H groups in total. The van der Waals surface area contributed by atoms with Gasteiger partial charge in [-0.3, -0.25) is 4.89 Å². The molecule has 0 rings (SSSR count). The van der Waals surface area contributed by atoms with Crippen LogP contribution in [0, 0.1) is 16.0 Å². The average Bonchev–Trinajstić information content (AvgIpc) is 2.48. The topological polar surface area (TPSA) is 206 Å². The Morgan fingerprint density at radius 3 is 1.79 bits per heavy atom. The molecule has 3 unspecified atom stereocenters. The van der Waals surface area contributed by atoms with Crippen LogP contribution in [0.4, 0.5) is 0 Å². The maximum atomic E-state index is 11.2. The predicted octanol–water partition coefficient (Wildman–Crippen LogP) is -1.84. The lowest BCUT2D eigenvalue weighted by Gasteiger charge is -2.17. The normalized spacial score (nSPS) is 13.8. The van der Waals surface area contributed by atoms with E-state index in [9.17, 15) is 24.5 Å². The number of hydrogen-bond acceptors (Lipinski definition) is 10. The zero-order chi connectivity index (χ0) is 19.4. The maximum Gasteiger partial charge on any atom is 0.360 e. The molecule has 0 aliphatic carbocycles. The number of carbonyl (C=O) groups excluding carboxylic acids is 1. The van der Waals surface area contributed by atoms with Gasteiger partial charge in [-0.1, -0.05) is 25.8 Å². The first-order valence-electron chi connectivity index (χ1n) is 6.53. The zero-order valence-electron chi connectivity index (χ0n) is 13.1. The molecule has 0 spiro atoms. The highest BCUT2D eigenvalue weighted by molar-refractivity contribution is 5.83. The lowest BCUT2D eigenvalue weighted by Crippen LogP contribution is -2.42. The van der Waals surface area contributed by atoms with Gasteiger partial charge in [0.05, 0.1) is 0 Å². The number of nitrogens with one attached hydrogen (secondary N) is 1. The van der Waals surface area contributed by atoms with Crippen LogP contribution in [0.5, 0.6) is 0 Å². The molecule has 0 fully saturated rings. The van der Waals surface area contributed by atoms with Crippen molar-refractivity contribution >= 4 is 17.9 Å². The molecule has 0 saturated carbocycles. The predicted molar refractivity (Wildman–Crippen MR) is 73.8 cm³/mol. The molecule has 0 saturated heterocycles. The summed E-state index contributed by atoms with van der Waals surface area (Å²) in [5.74, 6) is -4.36. The molecule has 0 radical (unpaired) electrons. The van der Waals surface area contributed by atoms with Crippen molar-refractivity contribution in [2.75, 3.05) is 6.54 Å². The van der Waals surface area contributed by atoms with Gasteiger partial charge in [0, 0.05) is 0 Å². The minimum atomic E-state index is -2.27. The number of carbonyl (C=O) groups is 3. The molecule has 3 atom stereocenters. The van der Waals surface area contributed by atoms with Crippen LogP contribution in [0.2, 0.25) is 0 Å². The summed E-state index contributed by atoms with van der Waals surface area (Å²) < 4.78 is 0. The Kier molecular flexibility index (Phi) is 11.9. The van der Waals surface area contributed by atoms with Crippen LogP contribution in [0.3, 0.4) is 0 Å². The summed E-state index contributed by atoms with van der Waals surface area (Å²) in [6.45, 7) is 5.97. The van der Waals surface area contributed by atoms with Gasteiger partial charge in [0.15, 0.2) is 12.2 Å². The van der Waals surface area contributed by atoms with E-state index in [-0.39, 0.29) is 5.92 Å². The molecule has 13 nitrogen and oxygen atoms in total. The summed E-state index contributed by atoms with van der Waals surface area (Å²) in [6, 6.07) is -0.597. The van der Waals surface area contributed by atoms with E-state index in [1.54, 1.807) is 13.8 Å². The van der Waals surface area contributed by atoms with Gasteiger partial charge in [-0.05, 0) is 12.5 Å². The van der Waals surface area contributed by atoms with Crippen LogP contribution in [0.25, 0.3) is 0 Å². The zero-order valence-corrected chi connectivity index (χ0v) is 13.1. The summed E-state index contributed by atoms with van der Waals surface area (Å²) in [6.07, 6.45) is -4.53. The monoisotopic (exact) mass is 356 g/mol. The number of likely N-dealkylation sites (N-methyl/N-ethyl adjacent to an activating group) is 1.